The zero-order valence-electron chi connectivity index (χ0n) is 12.8. The number of urea groups is 1. The Balaban J connectivity index is 1.64. The monoisotopic (exact) mass is 335 g/mol. The average Bonchev–Trinajstić information content (AvgIpc) is 3.22. The molecule has 1 fully saturated rings. The molecule has 1 N–H and O–H groups in total. The van der Waals surface area contributed by atoms with Crippen LogP contribution in [0.15, 0.2) is 29.8 Å². The van der Waals surface area contributed by atoms with Crippen molar-refractivity contribution in [2.45, 2.75) is 19.4 Å². The predicted molar refractivity (Wildman–Crippen MR) is 87.2 cm³/mol. The Morgan fingerprint density at radius 2 is 2.35 bits per heavy atom. The van der Waals surface area contributed by atoms with Crippen molar-refractivity contribution in [2.75, 3.05) is 19.0 Å². The summed E-state index contributed by atoms with van der Waals surface area (Å²) in [5.41, 5.74) is 0.349. The largest absolute Gasteiger partial charge is 0.491 e. The number of carbonyl (C=O) groups is 1. The number of anilines is 1. The molecule has 2 aromatic rings. The zero-order chi connectivity index (χ0) is 16.2. The first-order valence-corrected chi connectivity index (χ1v) is 8.32. The Kier molecular flexibility index (Phi) is 4.76. The maximum Gasteiger partial charge on any atom is 0.322 e. The number of hydrogen-bond acceptors (Lipinski definition) is 4. The number of nitrogens with zero attached hydrogens (tertiary/aromatic N) is 2. The number of aromatic nitrogens is 1. The minimum absolute atomic E-state index is 0.331. The van der Waals surface area contributed by atoms with Gasteiger partial charge in [0.25, 0.3) is 0 Å². The van der Waals surface area contributed by atoms with E-state index >= 15 is 0 Å². The van der Waals surface area contributed by atoms with Gasteiger partial charge in [-0.3, -0.25) is 0 Å². The third-order valence-corrected chi connectivity index (χ3v) is 4.32. The van der Waals surface area contributed by atoms with Crippen LogP contribution in [0.25, 0.3) is 0 Å². The van der Waals surface area contributed by atoms with E-state index in [9.17, 15) is 9.18 Å². The van der Waals surface area contributed by atoms with Crippen LogP contribution >= 0.6 is 11.3 Å². The molecule has 0 aliphatic heterocycles. The quantitative estimate of drug-likeness (QED) is 0.875. The molecule has 7 heteroatoms. The molecule has 0 radical (unpaired) electrons. The Hall–Kier alpha value is -2.15. The molecule has 1 aromatic heterocycles. The summed E-state index contributed by atoms with van der Waals surface area (Å²) in [6.07, 6.45) is 4.03. The van der Waals surface area contributed by atoms with E-state index in [1.807, 2.05) is 5.38 Å². The molecule has 0 unspecified atom stereocenters. The van der Waals surface area contributed by atoms with E-state index in [0.717, 1.165) is 5.01 Å². The van der Waals surface area contributed by atoms with E-state index in [4.69, 9.17) is 4.74 Å². The minimum Gasteiger partial charge on any atom is -0.491 e. The molecule has 0 atom stereocenters. The predicted octanol–water partition coefficient (Wildman–Crippen LogP) is 3.73. The maximum absolute atomic E-state index is 13.5. The van der Waals surface area contributed by atoms with Gasteiger partial charge in [0.2, 0.25) is 0 Å². The Labute approximate surface area is 138 Å². The molecular formula is C16H18FN3O2S. The summed E-state index contributed by atoms with van der Waals surface area (Å²) in [4.78, 5) is 17.9. The number of ether oxygens (including phenoxy) is 1. The molecule has 5 nitrogen and oxygen atoms in total. The van der Waals surface area contributed by atoms with E-state index in [2.05, 4.69) is 10.3 Å². The van der Waals surface area contributed by atoms with Gasteiger partial charge in [0.15, 0.2) is 0 Å². The molecule has 122 valence electrons. The zero-order valence-corrected chi connectivity index (χ0v) is 13.6. The fourth-order valence-corrected chi connectivity index (χ4v) is 2.70. The number of benzene rings is 1. The second kappa shape index (κ2) is 6.95. The summed E-state index contributed by atoms with van der Waals surface area (Å²) in [5, 5.41) is 5.41. The van der Waals surface area contributed by atoms with Gasteiger partial charge in [-0.2, -0.15) is 0 Å². The van der Waals surface area contributed by atoms with Gasteiger partial charge in [0.05, 0.1) is 18.8 Å². The van der Waals surface area contributed by atoms with Crippen LogP contribution in [0, 0.1) is 11.7 Å². The lowest BCUT2D eigenvalue weighted by molar-refractivity contribution is 0.220. The van der Waals surface area contributed by atoms with Crippen molar-refractivity contribution in [1.29, 1.82) is 0 Å². The van der Waals surface area contributed by atoms with E-state index in [1.165, 1.54) is 41.2 Å². The van der Waals surface area contributed by atoms with Crippen molar-refractivity contribution in [2.24, 2.45) is 5.92 Å². The lowest BCUT2D eigenvalue weighted by atomic mass is 10.3. The standard InChI is InChI=1S/C16H18FN3O2S/c1-20(9-15-18-6-7-23-15)16(21)19-13-8-12(17)4-5-14(13)22-10-11-2-3-11/h4-8,11H,2-3,9-10H2,1H3,(H,19,21). The van der Waals surface area contributed by atoms with Crippen LogP contribution < -0.4 is 10.1 Å². The van der Waals surface area contributed by atoms with Gasteiger partial charge in [-0.05, 0) is 30.9 Å². The molecule has 0 bridgehead atoms. The van der Waals surface area contributed by atoms with Crippen molar-refractivity contribution in [3.63, 3.8) is 0 Å². The van der Waals surface area contributed by atoms with Crippen molar-refractivity contribution in [1.82, 2.24) is 9.88 Å². The van der Waals surface area contributed by atoms with Crippen LogP contribution in [0.5, 0.6) is 5.75 Å². The van der Waals surface area contributed by atoms with Crippen LogP contribution in [-0.4, -0.2) is 29.6 Å². The first-order valence-electron chi connectivity index (χ1n) is 7.44. The minimum atomic E-state index is -0.415. The summed E-state index contributed by atoms with van der Waals surface area (Å²) < 4.78 is 19.2. The molecular weight excluding hydrogens is 317 g/mol. The SMILES string of the molecule is CN(Cc1nccs1)C(=O)Nc1cc(F)ccc1OCC1CC1. The number of nitrogens with one attached hydrogen (secondary N) is 1. The van der Waals surface area contributed by atoms with Crippen molar-refractivity contribution < 1.29 is 13.9 Å². The fraction of sp³-hybridized carbons (Fsp3) is 0.375. The summed E-state index contributed by atoms with van der Waals surface area (Å²) >= 11 is 1.48. The molecule has 2 amide bonds. The number of halogens is 1. The van der Waals surface area contributed by atoms with Crippen molar-refractivity contribution in [3.8, 4) is 5.75 Å². The van der Waals surface area contributed by atoms with E-state index < -0.39 is 5.82 Å². The molecule has 3 rings (SSSR count). The highest BCUT2D eigenvalue weighted by Crippen LogP contribution is 2.32. The smallest absolute Gasteiger partial charge is 0.322 e. The van der Waals surface area contributed by atoms with Crippen LogP contribution in [0.4, 0.5) is 14.9 Å². The van der Waals surface area contributed by atoms with Crippen LogP contribution in [0.1, 0.15) is 17.8 Å². The number of thiazole rings is 1. The van der Waals surface area contributed by atoms with Gasteiger partial charge in [0, 0.05) is 24.7 Å². The molecule has 1 aliphatic rings. The van der Waals surface area contributed by atoms with Crippen molar-refractivity contribution >= 4 is 23.1 Å². The lowest BCUT2D eigenvalue weighted by Gasteiger charge is -2.18. The fourth-order valence-electron chi connectivity index (χ4n) is 2.03. The molecule has 0 saturated heterocycles. The summed E-state index contributed by atoms with van der Waals surface area (Å²) in [6, 6.07) is 3.82. The molecule has 1 aromatic carbocycles. The van der Waals surface area contributed by atoms with Gasteiger partial charge in [-0.25, -0.2) is 14.2 Å². The van der Waals surface area contributed by atoms with E-state index in [-0.39, 0.29) is 6.03 Å². The van der Waals surface area contributed by atoms with E-state index in [1.54, 1.807) is 19.3 Å². The van der Waals surface area contributed by atoms with Gasteiger partial charge in [0.1, 0.15) is 16.6 Å². The first-order chi connectivity index (χ1) is 11.1. The third-order valence-electron chi connectivity index (χ3n) is 3.56. The van der Waals surface area contributed by atoms with Gasteiger partial charge < -0.3 is 15.0 Å². The Morgan fingerprint density at radius 3 is 3.04 bits per heavy atom. The topological polar surface area (TPSA) is 54.5 Å². The second-order valence-corrected chi connectivity index (χ2v) is 6.59. The molecule has 1 aliphatic carbocycles. The average molecular weight is 335 g/mol. The number of rotatable bonds is 6. The first kappa shape index (κ1) is 15.7. The normalized spacial score (nSPS) is 13.7. The van der Waals surface area contributed by atoms with E-state index in [0.29, 0.717) is 30.5 Å². The summed E-state index contributed by atoms with van der Waals surface area (Å²) in [6.45, 7) is 1.00. The second-order valence-electron chi connectivity index (χ2n) is 5.61. The van der Waals surface area contributed by atoms with Crippen molar-refractivity contribution in [3.05, 3.63) is 40.6 Å². The van der Waals surface area contributed by atoms with Crippen LogP contribution in [-0.2, 0) is 6.54 Å². The van der Waals surface area contributed by atoms with Gasteiger partial charge in [-0.1, -0.05) is 0 Å². The van der Waals surface area contributed by atoms with Crippen LogP contribution in [0.3, 0.4) is 0 Å². The molecule has 1 heterocycles. The Bertz CT molecular complexity index is 674. The summed E-state index contributed by atoms with van der Waals surface area (Å²) in [5.74, 6) is 0.659. The molecule has 1 saturated carbocycles. The number of hydrogen-bond donors (Lipinski definition) is 1. The maximum atomic E-state index is 13.5. The third kappa shape index (κ3) is 4.41. The number of amides is 2. The van der Waals surface area contributed by atoms with Gasteiger partial charge in [-0.15, -0.1) is 11.3 Å². The molecule has 0 spiro atoms. The summed E-state index contributed by atoms with van der Waals surface area (Å²) in [7, 11) is 1.67. The Morgan fingerprint density at radius 1 is 1.52 bits per heavy atom. The lowest BCUT2D eigenvalue weighted by Crippen LogP contribution is -2.31. The van der Waals surface area contributed by atoms with Gasteiger partial charge >= 0.3 is 6.03 Å². The number of carbonyl (C=O) groups excluding carboxylic acids is 1. The highest BCUT2D eigenvalue weighted by Gasteiger charge is 2.23. The highest BCUT2D eigenvalue weighted by atomic mass is 32.1. The molecule has 23 heavy (non-hydrogen) atoms. The van der Waals surface area contributed by atoms with Crippen LogP contribution in [0.2, 0.25) is 0 Å². The highest BCUT2D eigenvalue weighted by molar-refractivity contribution is 7.09.